The average Bonchev–Trinajstić information content (AvgIpc) is 2.52. The lowest BCUT2D eigenvalue weighted by Gasteiger charge is -2.31. The molecule has 0 amide bonds. The Hall–Kier alpha value is -2.25. The summed E-state index contributed by atoms with van der Waals surface area (Å²) in [6, 6.07) is 16.8. The normalized spacial score (nSPS) is 20.4. The Kier molecular flexibility index (Phi) is 3.94. The van der Waals surface area contributed by atoms with Gasteiger partial charge in [0, 0.05) is 4.91 Å². The second kappa shape index (κ2) is 6.02. The molecule has 0 fully saturated rings. The molecule has 3 heteroatoms. The first-order valence-corrected chi connectivity index (χ1v) is 7.46. The molecule has 2 unspecified atom stereocenters. The Labute approximate surface area is 125 Å². The van der Waals surface area contributed by atoms with Crippen LogP contribution >= 0.6 is 0 Å². The van der Waals surface area contributed by atoms with Crippen molar-refractivity contribution in [1.82, 2.24) is 0 Å². The van der Waals surface area contributed by atoms with E-state index in [9.17, 15) is 0 Å². The van der Waals surface area contributed by atoms with Crippen molar-refractivity contribution in [3.63, 3.8) is 0 Å². The largest absolute Gasteiger partial charge is 0.0856 e. The van der Waals surface area contributed by atoms with Crippen LogP contribution in [0.5, 0.6) is 0 Å². The number of benzene rings is 2. The third-order valence-corrected chi connectivity index (χ3v) is 4.52. The number of aryl methyl sites for hydroxylation is 2. The third-order valence-electron chi connectivity index (χ3n) is 4.52. The van der Waals surface area contributed by atoms with Crippen LogP contribution in [-0.4, -0.2) is 0 Å². The van der Waals surface area contributed by atoms with Gasteiger partial charge in [-0.05, 0) is 59.9 Å². The van der Waals surface area contributed by atoms with Crippen molar-refractivity contribution in [1.29, 1.82) is 0 Å². The highest BCUT2D eigenvalue weighted by molar-refractivity contribution is 5.34. The molecule has 3 rings (SSSR count). The summed E-state index contributed by atoms with van der Waals surface area (Å²) in [6.45, 7) is 2.15. The smallest absolute Gasteiger partial charge is 0.0659 e. The maximum atomic E-state index is 8.94. The van der Waals surface area contributed by atoms with Crippen molar-refractivity contribution in [2.24, 2.45) is 11.0 Å². The van der Waals surface area contributed by atoms with Crippen LogP contribution in [0.4, 0.5) is 0 Å². The van der Waals surface area contributed by atoms with E-state index in [0.717, 1.165) is 19.3 Å². The molecule has 1 aliphatic rings. The Morgan fingerprint density at radius 2 is 1.90 bits per heavy atom. The summed E-state index contributed by atoms with van der Waals surface area (Å²) in [5, 5.41) is 4.11. The molecule has 0 aromatic heterocycles. The van der Waals surface area contributed by atoms with Gasteiger partial charge in [-0.1, -0.05) is 53.6 Å². The van der Waals surface area contributed by atoms with E-state index in [1.54, 1.807) is 0 Å². The lowest BCUT2D eigenvalue weighted by Crippen LogP contribution is -2.21. The Bertz CT molecular complexity index is 686. The Balaban J connectivity index is 1.92. The van der Waals surface area contributed by atoms with Crippen molar-refractivity contribution in [3.8, 4) is 0 Å². The number of rotatable bonds is 3. The number of hydrogen-bond donors (Lipinski definition) is 0. The standard InChI is InChI=1S/C18H19N3/c1-13-6-2-3-8-15(13)12-16-11-10-14-7-4-5-9-17(14)18(16)20-21-19/h2-9,16,18H,10-12H2,1H3. The van der Waals surface area contributed by atoms with Crippen LogP contribution in [0.2, 0.25) is 0 Å². The summed E-state index contributed by atoms with van der Waals surface area (Å²) < 4.78 is 0. The fraction of sp³-hybridized carbons (Fsp3) is 0.333. The van der Waals surface area contributed by atoms with E-state index in [0.29, 0.717) is 5.92 Å². The minimum Gasteiger partial charge on any atom is -0.0856 e. The topological polar surface area (TPSA) is 48.8 Å². The van der Waals surface area contributed by atoms with Crippen molar-refractivity contribution in [2.75, 3.05) is 0 Å². The number of hydrogen-bond acceptors (Lipinski definition) is 1. The maximum Gasteiger partial charge on any atom is 0.0659 e. The summed E-state index contributed by atoms with van der Waals surface area (Å²) in [6.07, 6.45) is 3.13. The SMILES string of the molecule is Cc1ccccc1CC1CCc2ccccc2C1N=[N+]=[N-]. The van der Waals surface area contributed by atoms with Crippen molar-refractivity contribution >= 4 is 0 Å². The van der Waals surface area contributed by atoms with Gasteiger partial charge in [0.2, 0.25) is 0 Å². The summed E-state index contributed by atoms with van der Waals surface area (Å²) >= 11 is 0. The van der Waals surface area contributed by atoms with Gasteiger partial charge in [0.1, 0.15) is 0 Å². The highest BCUT2D eigenvalue weighted by Crippen LogP contribution is 2.39. The molecule has 0 saturated heterocycles. The first kappa shape index (κ1) is 13.7. The minimum atomic E-state index is -0.0421. The Morgan fingerprint density at radius 1 is 1.14 bits per heavy atom. The quantitative estimate of drug-likeness (QED) is 0.423. The van der Waals surface area contributed by atoms with E-state index >= 15 is 0 Å². The average molecular weight is 277 g/mol. The van der Waals surface area contributed by atoms with Crippen molar-refractivity contribution in [3.05, 3.63) is 81.2 Å². The van der Waals surface area contributed by atoms with Crippen molar-refractivity contribution in [2.45, 2.75) is 32.2 Å². The molecule has 21 heavy (non-hydrogen) atoms. The second-order valence-corrected chi connectivity index (χ2v) is 5.78. The molecule has 0 radical (unpaired) electrons. The molecule has 0 bridgehead atoms. The van der Waals surface area contributed by atoms with Crippen LogP contribution in [-0.2, 0) is 12.8 Å². The fourth-order valence-electron chi connectivity index (χ4n) is 3.35. The van der Waals surface area contributed by atoms with Gasteiger partial charge in [0.25, 0.3) is 0 Å². The molecule has 2 aromatic carbocycles. The van der Waals surface area contributed by atoms with Gasteiger partial charge in [0.15, 0.2) is 0 Å². The highest BCUT2D eigenvalue weighted by atomic mass is 15.2. The zero-order valence-electron chi connectivity index (χ0n) is 12.2. The molecule has 0 heterocycles. The van der Waals surface area contributed by atoms with Crippen LogP contribution in [0.3, 0.4) is 0 Å². The lowest BCUT2D eigenvalue weighted by molar-refractivity contribution is 0.375. The van der Waals surface area contributed by atoms with Gasteiger partial charge < -0.3 is 0 Å². The van der Waals surface area contributed by atoms with E-state index in [4.69, 9.17) is 5.53 Å². The van der Waals surface area contributed by atoms with Gasteiger partial charge in [-0.25, -0.2) is 0 Å². The van der Waals surface area contributed by atoms with Crippen LogP contribution in [0, 0.1) is 12.8 Å². The monoisotopic (exact) mass is 277 g/mol. The number of nitrogens with zero attached hydrogens (tertiary/aromatic N) is 3. The first-order valence-electron chi connectivity index (χ1n) is 7.46. The summed E-state index contributed by atoms with van der Waals surface area (Å²) in [5.74, 6) is 0.386. The van der Waals surface area contributed by atoms with Gasteiger partial charge >= 0.3 is 0 Å². The Morgan fingerprint density at radius 3 is 2.71 bits per heavy atom. The molecule has 3 nitrogen and oxygen atoms in total. The van der Waals surface area contributed by atoms with Gasteiger partial charge in [-0.2, -0.15) is 0 Å². The van der Waals surface area contributed by atoms with E-state index in [1.165, 1.54) is 22.3 Å². The number of fused-ring (bicyclic) bond motifs is 1. The molecule has 0 saturated carbocycles. The summed E-state index contributed by atoms with van der Waals surface area (Å²) in [7, 11) is 0. The molecule has 0 N–H and O–H groups in total. The zero-order chi connectivity index (χ0) is 14.7. The van der Waals surface area contributed by atoms with Crippen LogP contribution in [0.15, 0.2) is 53.6 Å². The predicted octanol–water partition coefficient (Wildman–Crippen LogP) is 5.15. The fourth-order valence-corrected chi connectivity index (χ4v) is 3.35. The van der Waals surface area contributed by atoms with Crippen LogP contribution in [0.25, 0.3) is 10.4 Å². The molecule has 2 aromatic rings. The van der Waals surface area contributed by atoms with Gasteiger partial charge in [-0.15, -0.1) is 0 Å². The maximum absolute atomic E-state index is 8.94. The van der Waals surface area contributed by atoms with Crippen LogP contribution in [0.1, 0.15) is 34.7 Å². The highest BCUT2D eigenvalue weighted by Gasteiger charge is 2.28. The van der Waals surface area contributed by atoms with E-state index in [1.807, 2.05) is 6.07 Å². The lowest BCUT2D eigenvalue weighted by atomic mass is 9.77. The zero-order valence-corrected chi connectivity index (χ0v) is 12.2. The molecule has 0 spiro atoms. The van der Waals surface area contributed by atoms with E-state index < -0.39 is 0 Å². The first-order chi connectivity index (χ1) is 10.3. The van der Waals surface area contributed by atoms with E-state index in [2.05, 4.69) is 59.4 Å². The van der Waals surface area contributed by atoms with Gasteiger partial charge in [0.05, 0.1) is 6.04 Å². The molecule has 2 atom stereocenters. The molecular weight excluding hydrogens is 258 g/mol. The molecular formula is C18H19N3. The third kappa shape index (κ3) is 2.79. The molecule has 106 valence electrons. The molecule has 1 aliphatic carbocycles. The predicted molar refractivity (Wildman–Crippen MR) is 85.0 cm³/mol. The van der Waals surface area contributed by atoms with Crippen molar-refractivity contribution < 1.29 is 0 Å². The van der Waals surface area contributed by atoms with Crippen LogP contribution < -0.4 is 0 Å². The van der Waals surface area contributed by atoms with E-state index in [-0.39, 0.29) is 6.04 Å². The summed E-state index contributed by atoms with van der Waals surface area (Å²) in [4.78, 5) is 3.10. The second-order valence-electron chi connectivity index (χ2n) is 5.78. The minimum absolute atomic E-state index is 0.0421. The van der Waals surface area contributed by atoms with Gasteiger partial charge in [-0.3, -0.25) is 0 Å². The number of azide groups is 1. The summed E-state index contributed by atoms with van der Waals surface area (Å²) in [5.41, 5.74) is 14.2. The molecule has 0 aliphatic heterocycles.